The minimum Gasteiger partial charge on any atom is -0.423 e. The predicted octanol–water partition coefficient (Wildman–Crippen LogP) is 0.399. The second-order valence-electron chi connectivity index (χ2n) is 4.48. The van der Waals surface area contributed by atoms with Crippen LogP contribution in [-0.2, 0) is 6.54 Å². The minimum atomic E-state index is -1.37. The zero-order valence-corrected chi connectivity index (χ0v) is 9.39. The Kier molecular flexibility index (Phi) is 3.99. The second kappa shape index (κ2) is 5.48. The molecule has 16 heavy (non-hydrogen) atoms. The number of hydrogen-bond donors (Lipinski definition) is 3. The van der Waals surface area contributed by atoms with Gasteiger partial charge in [0, 0.05) is 12.6 Å². The highest BCUT2D eigenvalue weighted by atomic mass is 16.4. The number of hydrogen-bond acceptors (Lipinski definition) is 3. The summed E-state index contributed by atoms with van der Waals surface area (Å²) in [5.41, 5.74) is 1.67. The molecular formula is C12H18BNO2. The van der Waals surface area contributed by atoms with Crippen molar-refractivity contribution in [1.29, 1.82) is 0 Å². The summed E-state index contributed by atoms with van der Waals surface area (Å²) in [4.78, 5) is 0. The molecule has 1 fully saturated rings. The van der Waals surface area contributed by atoms with Crippen LogP contribution in [0.3, 0.4) is 0 Å². The van der Waals surface area contributed by atoms with Crippen LogP contribution in [0.1, 0.15) is 31.2 Å². The standard InChI is InChI=1S/C12H18BNO2/c15-13(16)11-5-3-4-10(8-11)9-14-12-6-1-2-7-12/h3-5,8,12,14-16H,1-2,6-7,9H2. The van der Waals surface area contributed by atoms with Crippen LogP contribution >= 0.6 is 0 Å². The molecule has 3 N–H and O–H groups in total. The molecule has 1 aromatic carbocycles. The molecule has 0 saturated heterocycles. The highest BCUT2D eigenvalue weighted by molar-refractivity contribution is 6.58. The van der Waals surface area contributed by atoms with Gasteiger partial charge in [0.2, 0.25) is 0 Å². The maximum absolute atomic E-state index is 9.06. The lowest BCUT2D eigenvalue weighted by atomic mass is 9.79. The first-order valence-corrected chi connectivity index (χ1v) is 5.94. The van der Waals surface area contributed by atoms with E-state index in [1.807, 2.05) is 18.2 Å². The Balaban J connectivity index is 1.90. The van der Waals surface area contributed by atoms with Crippen molar-refractivity contribution in [1.82, 2.24) is 5.32 Å². The molecule has 0 unspecified atom stereocenters. The van der Waals surface area contributed by atoms with Gasteiger partial charge in [-0.25, -0.2) is 0 Å². The Morgan fingerprint density at radius 1 is 1.25 bits per heavy atom. The minimum absolute atomic E-state index is 0.561. The molecule has 1 saturated carbocycles. The van der Waals surface area contributed by atoms with Crippen molar-refractivity contribution in [3.8, 4) is 0 Å². The molecule has 0 aromatic heterocycles. The van der Waals surface area contributed by atoms with E-state index in [0.717, 1.165) is 12.1 Å². The molecule has 1 aliphatic rings. The summed E-state index contributed by atoms with van der Waals surface area (Å²) in [6.07, 6.45) is 5.19. The fourth-order valence-corrected chi connectivity index (χ4v) is 2.26. The van der Waals surface area contributed by atoms with E-state index in [4.69, 9.17) is 10.0 Å². The Morgan fingerprint density at radius 2 is 2.00 bits per heavy atom. The van der Waals surface area contributed by atoms with Crippen LogP contribution in [0.4, 0.5) is 0 Å². The van der Waals surface area contributed by atoms with Crippen LogP contribution in [0.2, 0.25) is 0 Å². The van der Waals surface area contributed by atoms with Crippen LogP contribution in [0.25, 0.3) is 0 Å². The third kappa shape index (κ3) is 3.08. The Hall–Kier alpha value is -0.835. The molecule has 0 spiro atoms. The first-order valence-electron chi connectivity index (χ1n) is 5.94. The van der Waals surface area contributed by atoms with E-state index in [2.05, 4.69) is 5.32 Å². The summed E-state index contributed by atoms with van der Waals surface area (Å²) in [6, 6.07) is 8.08. The first kappa shape index (κ1) is 11.6. The van der Waals surface area contributed by atoms with Crippen LogP contribution < -0.4 is 10.8 Å². The SMILES string of the molecule is OB(O)c1cccc(CNC2CCCC2)c1. The highest BCUT2D eigenvalue weighted by Crippen LogP contribution is 2.17. The third-order valence-corrected chi connectivity index (χ3v) is 3.20. The van der Waals surface area contributed by atoms with Gasteiger partial charge in [0.25, 0.3) is 0 Å². The van der Waals surface area contributed by atoms with Crippen molar-refractivity contribution < 1.29 is 10.0 Å². The summed E-state index contributed by atoms with van der Waals surface area (Å²) >= 11 is 0. The maximum Gasteiger partial charge on any atom is 0.488 e. The number of nitrogens with one attached hydrogen (secondary N) is 1. The number of rotatable bonds is 4. The lowest BCUT2D eigenvalue weighted by Gasteiger charge is -2.12. The van der Waals surface area contributed by atoms with Gasteiger partial charge in [-0.15, -0.1) is 0 Å². The molecule has 3 nitrogen and oxygen atoms in total. The lowest BCUT2D eigenvalue weighted by Crippen LogP contribution is -2.31. The molecule has 86 valence electrons. The van der Waals surface area contributed by atoms with Crippen molar-refractivity contribution in [2.45, 2.75) is 38.3 Å². The van der Waals surface area contributed by atoms with Crippen molar-refractivity contribution in [2.24, 2.45) is 0 Å². The lowest BCUT2D eigenvalue weighted by molar-refractivity contribution is 0.425. The fraction of sp³-hybridized carbons (Fsp3) is 0.500. The average Bonchev–Trinajstić information content (AvgIpc) is 2.79. The van der Waals surface area contributed by atoms with Crippen molar-refractivity contribution >= 4 is 12.6 Å². The summed E-state index contributed by atoms with van der Waals surface area (Å²) in [5, 5.41) is 21.6. The summed E-state index contributed by atoms with van der Waals surface area (Å²) in [6.45, 7) is 0.811. The maximum atomic E-state index is 9.06. The van der Waals surface area contributed by atoms with Gasteiger partial charge in [0.1, 0.15) is 0 Å². The van der Waals surface area contributed by atoms with Gasteiger partial charge in [0.05, 0.1) is 0 Å². The van der Waals surface area contributed by atoms with Crippen molar-refractivity contribution in [2.75, 3.05) is 0 Å². The van der Waals surface area contributed by atoms with Crippen molar-refractivity contribution in [3.05, 3.63) is 29.8 Å². The van der Waals surface area contributed by atoms with Crippen LogP contribution in [-0.4, -0.2) is 23.2 Å². The number of benzene rings is 1. The van der Waals surface area contributed by atoms with Gasteiger partial charge in [-0.1, -0.05) is 37.1 Å². The molecule has 0 aliphatic heterocycles. The molecule has 0 atom stereocenters. The van der Waals surface area contributed by atoms with Crippen LogP contribution in [0.5, 0.6) is 0 Å². The third-order valence-electron chi connectivity index (χ3n) is 3.20. The normalized spacial score (nSPS) is 16.6. The van der Waals surface area contributed by atoms with Crippen LogP contribution in [0, 0.1) is 0 Å². The van der Waals surface area contributed by atoms with E-state index in [0.29, 0.717) is 11.5 Å². The zero-order valence-electron chi connectivity index (χ0n) is 9.39. The zero-order chi connectivity index (χ0) is 11.4. The molecule has 0 heterocycles. The quantitative estimate of drug-likeness (QED) is 0.642. The largest absolute Gasteiger partial charge is 0.488 e. The van der Waals surface area contributed by atoms with E-state index in [1.54, 1.807) is 6.07 Å². The Labute approximate surface area is 96.6 Å². The molecule has 0 bridgehead atoms. The van der Waals surface area contributed by atoms with Gasteiger partial charge in [-0.2, -0.15) is 0 Å². The Morgan fingerprint density at radius 3 is 2.69 bits per heavy atom. The van der Waals surface area contributed by atoms with E-state index in [9.17, 15) is 0 Å². The van der Waals surface area contributed by atoms with Crippen LogP contribution in [0.15, 0.2) is 24.3 Å². The molecule has 4 heteroatoms. The summed E-state index contributed by atoms with van der Waals surface area (Å²) in [7, 11) is -1.37. The first-order chi connectivity index (χ1) is 7.75. The molecule has 0 amide bonds. The summed E-state index contributed by atoms with van der Waals surface area (Å²) < 4.78 is 0. The Bertz CT molecular complexity index is 338. The van der Waals surface area contributed by atoms with Gasteiger partial charge in [-0.3, -0.25) is 0 Å². The predicted molar refractivity (Wildman–Crippen MR) is 65.4 cm³/mol. The monoisotopic (exact) mass is 219 g/mol. The molecular weight excluding hydrogens is 201 g/mol. The van der Waals surface area contributed by atoms with Gasteiger partial charge >= 0.3 is 7.12 Å². The van der Waals surface area contributed by atoms with Crippen molar-refractivity contribution in [3.63, 3.8) is 0 Å². The molecule has 0 radical (unpaired) electrons. The van der Waals surface area contributed by atoms with E-state index in [1.165, 1.54) is 25.7 Å². The second-order valence-corrected chi connectivity index (χ2v) is 4.48. The molecule has 1 aliphatic carbocycles. The van der Waals surface area contributed by atoms with Gasteiger partial charge in [-0.05, 0) is 23.9 Å². The molecule has 1 aromatic rings. The van der Waals surface area contributed by atoms with Gasteiger partial charge in [0.15, 0.2) is 0 Å². The van der Waals surface area contributed by atoms with Gasteiger partial charge < -0.3 is 15.4 Å². The smallest absolute Gasteiger partial charge is 0.423 e. The summed E-state index contributed by atoms with van der Waals surface area (Å²) in [5.74, 6) is 0. The topological polar surface area (TPSA) is 52.5 Å². The van der Waals surface area contributed by atoms with E-state index < -0.39 is 7.12 Å². The van der Waals surface area contributed by atoms with E-state index >= 15 is 0 Å². The fourth-order valence-electron chi connectivity index (χ4n) is 2.26. The highest BCUT2D eigenvalue weighted by Gasteiger charge is 2.14. The average molecular weight is 219 g/mol. The molecule has 2 rings (SSSR count). The van der Waals surface area contributed by atoms with E-state index in [-0.39, 0.29) is 0 Å².